The summed E-state index contributed by atoms with van der Waals surface area (Å²) in [6.45, 7) is 0. The number of rotatable bonds is 3. The molecule has 5 heteroatoms. The molecule has 2 aromatic carbocycles. The highest BCUT2D eigenvalue weighted by molar-refractivity contribution is 6.05. The fourth-order valence-corrected chi connectivity index (χ4v) is 3.88. The minimum Gasteiger partial charge on any atom is -0.504 e. The zero-order valence-corrected chi connectivity index (χ0v) is 14.7. The lowest BCUT2D eigenvalue weighted by Crippen LogP contribution is -2.09. The van der Waals surface area contributed by atoms with Gasteiger partial charge >= 0.3 is 0 Å². The van der Waals surface area contributed by atoms with Gasteiger partial charge in [0.15, 0.2) is 11.5 Å². The van der Waals surface area contributed by atoms with Gasteiger partial charge < -0.3 is 21.0 Å². The van der Waals surface area contributed by atoms with Gasteiger partial charge in [-0.15, -0.1) is 0 Å². The zero-order valence-electron chi connectivity index (χ0n) is 14.7. The van der Waals surface area contributed by atoms with Crippen molar-refractivity contribution in [1.29, 1.82) is 5.41 Å². The molecule has 0 saturated carbocycles. The summed E-state index contributed by atoms with van der Waals surface area (Å²) >= 11 is 0. The highest BCUT2D eigenvalue weighted by Gasteiger charge is 2.22. The number of hydrogen-bond donors (Lipinski definition) is 3. The number of fused-ring (bicyclic) bond motifs is 3. The molecule has 0 radical (unpaired) electrons. The Morgan fingerprint density at radius 1 is 1.15 bits per heavy atom. The summed E-state index contributed by atoms with van der Waals surface area (Å²) in [6, 6.07) is 9.07. The second kappa shape index (κ2) is 6.33. The van der Waals surface area contributed by atoms with Crippen LogP contribution in [0, 0.1) is 5.41 Å². The van der Waals surface area contributed by atoms with Gasteiger partial charge in [0.25, 0.3) is 0 Å². The van der Waals surface area contributed by atoms with Gasteiger partial charge in [0.2, 0.25) is 0 Å². The molecule has 26 heavy (non-hydrogen) atoms. The number of nitrogens with two attached hydrogens (primary N) is 1. The Bertz CT molecular complexity index is 1030. The van der Waals surface area contributed by atoms with Gasteiger partial charge in [0.1, 0.15) is 0 Å². The van der Waals surface area contributed by atoms with Crippen LogP contribution in [0.2, 0.25) is 0 Å². The maximum absolute atomic E-state index is 9.91. The number of ether oxygens (including phenoxy) is 1. The van der Waals surface area contributed by atoms with E-state index in [1.807, 2.05) is 24.3 Å². The number of nitrogens with zero attached hydrogens (tertiary/aromatic N) is 1. The molecule has 0 amide bonds. The van der Waals surface area contributed by atoms with Crippen molar-refractivity contribution in [3.63, 3.8) is 0 Å². The van der Waals surface area contributed by atoms with Crippen LogP contribution in [-0.2, 0) is 12.8 Å². The van der Waals surface area contributed by atoms with Crippen LogP contribution >= 0.6 is 0 Å². The van der Waals surface area contributed by atoms with Crippen LogP contribution in [0.3, 0.4) is 0 Å². The number of phenols is 1. The van der Waals surface area contributed by atoms with E-state index in [1.54, 1.807) is 13.2 Å². The van der Waals surface area contributed by atoms with Gasteiger partial charge in [0.05, 0.1) is 18.3 Å². The smallest absolute Gasteiger partial charge is 0.161 e. The molecule has 5 nitrogen and oxygen atoms in total. The molecule has 0 unspecified atom stereocenters. The topological polar surface area (TPSA) is 92.2 Å². The second-order valence-corrected chi connectivity index (χ2v) is 6.62. The van der Waals surface area contributed by atoms with Crippen LogP contribution in [-0.4, -0.2) is 23.4 Å². The molecule has 132 valence electrons. The highest BCUT2D eigenvalue weighted by atomic mass is 16.5. The molecule has 0 spiro atoms. The maximum Gasteiger partial charge on any atom is 0.161 e. The van der Waals surface area contributed by atoms with Gasteiger partial charge in [-0.3, -0.25) is 0 Å². The minimum absolute atomic E-state index is 0.116. The summed E-state index contributed by atoms with van der Waals surface area (Å²) in [5.74, 6) is 0.552. The van der Waals surface area contributed by atoms with Crippen molar-refractivity contribution < 1.29 is 9.84 Å². The number of anilines is 1. The molecule has 3 aromatic rings. The van der Waals surface area contributed by atoms with E-state index in [-0.39, 0.29) is 5.75 Å². The minimum atomic E-state index is 0.116. The van der Waals surface area contributed by atoms with Crippen LogP contribution in [0.25, 0.3) is 22.2 Å². The molecule has 0 saturated heterocycles. The zero-order chi connectivity index (χ0) is 18.3. The van der Waals surface area contributed by atoms with Gasteiger partial charge in [0, 0.05) is 28.4 Å². The average molecular weight is 347 g/mol. The first-order chi connectivity index (χ1) is 12.6. The number of aromatic nitrogens is 1. The Labute approximate surface area is 152 Å². The first-order valence-electron chi connectivity index (χ1n) is 8.76. The lowest BCUT2D eigenvalue weighted by molar-refractivity contribution is 0.373. The van der Waals surface area contributed by atoms with Crippen molar-refractivity contribution in [2.75, 3.05) is 12.8 Å². The third kappa shape index (κ3) is 2.47. The number of aryl methyl sites for hydroxylation is 1. The Morgan fingerprint density at radius 2 is 1.92 bits per heavy atom. The predicted octanol–water partition coefficient (Wildman–Crippen LogP) is 4.07. The number of aromatic hydroxyl groups is 1. The van der Waals surface area contributed by atoms with E-state index in [4.69, 9.17) is 20.9 Å². The maximum atomic E-state index is 9.91. The van der Waals surface area contributed by atoms with E-state index in [1.165, 1.54) is 17.3 Å². The molecule has 0 atom stereocenters. The van der Waals surface area contributed by atoms with Crippen molar-refractivity contribution >= 4 is 22.8 Å². The van der Waals surface area contributed by atoms with E-state index in [2.05, 4.69) is 0 Å². The molecule has 0 aliphatic heterocycles. The quantitative estimate of drug-likeness (QED) is 0.492. The summed E-state index contributed by atoms with van der Waals surface area (Å²) in [7, 11) is 1.54. The van der Waals surface area contributed by atoms with E-state index >= 15 is 0 Å². The Morgan fingerprint density at radius 3 is 2.65 bits per heavy atom. The third-order valence-electron chi connectivity index (χ3n) is 5.14. The van der Waals surface area contributed by atoms with Gasteiger partial charge in [-0.1, -0.05) is 0 Å². The van der Waals surface area contributed by atoms with E-state index in [0.29, 0.717) is 11.4 Å². The van der Waals surface area contributed by atoms with Crippen molar-refractivity contribution in [2.45, 2.75) is 25.7 Å². The van der Waals surface area contributed by atoms with Crippen molar-refractivity contribution in [3.05, 3.63) is 47.0 Å². The largest absolute Gasteiger partial charge is 0.504 e. The molecule has 1 aliphatic carbocycles. The fraction of sp³-hybridized carbons (Fsp3) is 0.238. The van der Waals surface area contributed by atoms with Crippen LogP contribution in [0.15, 0.2) is 30.3 Å². The molecule has 0 bridgehead atoms. The summed E-state index contributed by atoms with van der Waals surface area (Å²) in [6.07, 6.45) is 5.47. The number of hydrogen-bond acceptors (Lipinski definition) is 5. The molecule has 0 fully saturated rings. The Kier molecular flexibility index (Phi) is 3.99. The molecule has 1 aliphatic rings. The molecular formula is C21H21N3O2. The van der Waals surface area contributed by atoms with Crippen LogP contribution in [0.1, 0.15) is 29.5 Å². The number of benzene rings is 2. The van der Waals surface area contributed by atoms with Gasteiger partial charge in [-0.05, 0) is 67.1 Å². The van der Waals surface area contributed by atoms with Gasteiger partial charge in [-0.25, -0.2) is 4.98 Å². The molecule has 4 N–H and O–H groups in total. The van der Waals surface area contributed by atoms with Crippen LogP contribution < -0.4 is 10.5 Å². The monoisotopic (exact) mass is 347 g/mol. The number of nitrogens with one attached hydrogen (secondary N) is 1. The molecular weight excluding hydrogens is 326 g/mol. The van der Waals surface area contributed by atoms with E-state index in [9.17, 15) is 5.11 Å². The molecule has 1 heterocycles. The standard InChI is InChI=1S/C21H21N3O2/c1-26-19-10-12(6-9-18(19)25)21-14-5-3-2-4-13(14)20-15(11-22)16(23)7-8-17(20)24-21/h6-11,22,25H,2-5,23H2,1H3. The van der Waals surface area contributed by atoms with Crippen LogP contribution in [0.5, 0.6) is 11.5 Å². The number of methoxy groups -OCH3 is 1. The summed E-state index contributed by atoms with van der Waals surface area (Å²) < 4.78 is 5.27. The Hall–Kier alpha value is -3.08. The predicted molar refractivity (Wildman–Crippen MR) is 104 cm³/mol. The summed E-state index contributed by atoms with van der Waals surface area (Å²) in [5, 5.41) is 18.7. The van der Waals surface area contributed by atoms with Crippen LogP contribution in [0.4, 0.5) is 5.69 Å². The normalized spacial score (nSPS) is 13.4. The lowest BCUT2D eigenvalue weighted by atomic mass is 9.85. The number of nitrogen functional groups attached to an aromatic ring is 1. The third-order valence-corrected chi connectivity index (χ3v) is 5.14. The number of pyridine rings is 1. The van der Waals surface area contributed by atoms with E-state index < -0.39 is 0 Å². The highest BCUT2D eigenvalue weighted by Crippen LogP contribution is 2.39. The second-order valence-electron chi connectivity index (χ2n) is 6.62. The Balaban J connectivity index is 2.05. The summed E-state index contributed by atoms with van der Waals surface area (Å²) in [5.41, 5.74) is 12.6. The molecule has 1 aromatic heterocycles. The van der Waals surface area contributed by atoms with Crippen molar-refractivity contribution in [3.8, 4) is 22.8 Å². The number of phenolic OH excluding ortho intramolecular Hbond substituents is 1. The van der Waals surface area contributed by atoms with Crippen molar-refractivity contribution in [1.82, 2.24) is 4.98 Å². The fourth-order valence-electron chi connectivity index (χ4n) is 3.88. The summed E-state index contributed by atoms with van der Waals surface area (Å²) in [4.78, 5) is 4.92. The average Bonchev–Trinajstić information content (AvgIpc) is 2.68. The van der Waals surface area contributed by atoms with Crippen molar-refractivity contribution in [2.24, 2.45) is 0 Å². The van der Waals surface area contributed by atoms with Gasteiger partial charge in [-0.2, -0.15) is 0 Å². The first kappa shape index (κ1) is 16.4. The lowest BCUT2D eigenvalue weighted by Gasteiger charge is -2.23. The first-order valence-corrected chi connectivity index (χ1v) is 8.76. The van der Waals surface area contributed by atoms with E-state index in [0.717, 1.165) is 53.4 Å². The molecule has 4 rings (SSSR count). The SMILES string of the molecule is COc1cc(-c2nc3ccc(N)c(C=N)c3c3c2CCCC3)ccc1O.